The van der Waals surface area contributed by atoms with E-state index in [0.717, 1.165) is 16.8 Å². The number of halogens is 1. The topological polar surface area (TPSA) is 30.0 Å². The Morgan fingerprint density at radius 1 is 1.19 bits per heavy atom. The molecule has 1 aromatic carbocycles. The van der Waals surface area contributed by atoms with Gasteiger partial charge in [-0.1, -0.05) is 18.2 Å². The first-order valence-electron chi connectivity index (χ1n) is 4.90. The average molecular weight is 232 g/mol. The molecule has 0 aliphatic rings. The van der Waals surface area contributed by atoms with E-state index in [9.17, 15) is 4.79 Å². The van der Waals surface area contributed by atoms with E-state index in [0.29, 0.717) is 5.56 Å². The SMILES string of the molecule is Cc1cccnc1-c1ccc(C(=O)Cl)cc1. The highest BCUT2D eigenvalue weighted by Gasteiger charge is 2.04. The van der Waals surface area contributed by atoms with E-state index < -0.39 is 5.24 Å². The fourth-order valence-electron chi connectivity index (χ4n) is 1.55. The predicted octanol–water partition coefficient (Wildman–Crippen LogP) is 3.44. The van der Waals surface area contributed by atoms with Crippen molar-refractivity contribution in [3.05, 3.63) is 53.7 Å². The normalized spacial score (nSPS) is 10.1. The van der Waals surface area contributed by atoms with Crippen LogP contribution in [0, 0.1) is 6.92 Å². The highest BCUT2D eigenvalue weighted by Crippen LogP contribution is 2.21. The summed E-state index contributed by atoms with van der Waals surface area (Å²) in [6.07, 6.45) is 1.75. The number of aromatic nitrogens is 1. The van der Waals surface area contributed by atoms with Crippen LogP contribution in [0.2, 0.25) is 0 Å². The summed E-state index contributed by atoms with van der Waals surface area (Å²) in [5, 5.41) is -0.440. The van der Waals surface area contributed by atoms with Gasteiger partial charge in [-0.05, 0) is 42.3 Å². The van der Waals surface area contributed by atoms with Crippen LogP contribution < -0.4 is 0 Å². The van der Waals surface area contributed by atoms with E-state index in [4.69, 9.17) is 11.6 Å². The smallest absolute Gasteiger partial charge is 0.252 e. The van der Waals surface area contributed by atoms with Crippen molar-refractivity contribution >= 4 is 16.8 Å². The lowest BCUT2D eigenvalue weighted by atomic mass is 10.1. The van der Waals surface area contributed by atoms with Crippen LogP contribution in [-0.2, 0) is 0 Å². The van der Waals surface area contributed by atoms with Gasteiger partial charge in [0.05, 0.1) is 5.69 Å². The van der Waals surface area contributed by atoms with Crippen molar-refractivity contribution in [1.29, 1.82) is 0 Å². The first-order valence-corrected chi connectivity index (χ1v) is 5.28. The number of rotatable bonds is 2. The van der Waals surface area contributed by atoms with Crippen molar-refractivity contribution in [2.75, 3.05) is 0 Å². The van der Waals surface area contributed by atoms with Gasteiger partial charge in [0.15, 0.2) is 0 Å². The quantitative estimate of drug-likeness (QED) is 0.742. The van der Waals surface area contributed by atoms with E-state index in [2.05, 4.69) is 4.98 Å². The van der Waals surface area contributed by atoms with Gasteiger partial charge in [-0.3, -0.25) is 9.78 Å². The lowest BCUT2D eigenvalue weighted by Crippen LogP contribution is -1.90. The minimum atomic E-state index is -0.440. The molecule has 3 heteroatoms. The summed E-state index contributed by atoms with van der Waals surface area (Å²) in [5.74, 6) is 0. The summed E-state index contributed by atoms with van der Waals surface area (Å²) < 4.78 is 0. The van der Waals surface area contributed by atoms with E-state index in [-0.39, 0.29) is 0 Å². The number of carbonyl (C=O) groups excluding carboxylic acids is 1. The van der Waals surface area contributed by atoms with Gasteiger partial charge in [0.1, 0.15) is 0 Å². The van der Waals surface area contributed by atoms with Crippen LogP contribution in [0.25, 0.3) is 11.3 Å². The second-order valence-corrected chi connectivity index (χ2v) is 3.86. The Balaban J connectivity index is 2.43. The molecule has 0 amide bonds. The maximum absolute atomic E-state index is 10.9. The van der Waals surface area contributed by atoms with Crippen LogP contribution in [-0.4, -0.2) is 10.2 Å². The molecular formula is C13H10ClNO. The maximum atomic E-state index is 10.9. The Labute approximate surface area is 98.9 Å². The number of hydrogen-bond donors (Lipinski definition) is 0. The molecule has 1 heterocycles. The summed E-state index contributed by atoms with van der Waals surface area (Å²) in [7, 11) is 0. The van der Waals surface area contributed by atoms with Gasteiger partial charge in [0.25, 0.3) is 5.24 Å². The van der Waals surface area contributed by atoms with Crippen LogP contribution >= 0.6 is 11.6 Å². The Morgan fingerprint density at radius 3 is 2.44 bits per heavy atom. The molecule has 16 heavy (non-hydrogen) atoms. The first-order chi connectivity index (χ1) is 7.68. The molecule has 0 radical (unpaired) electrons. The lowest BCUT2D eigenvalue weighted by molar-refractivity contribution is 0.108. The molecule has 2 aromatic rings. The lowest BCUT2D eigenvalue weighted by Gasteiger charge is -2.04. The second-order valence-electron chi connectivity index (χ2n) is 3.52. The molecule has 2 rings (SSSR count). The summed E-state index contributed by atoms with van der Waals surface area (Å²) in [6, 6.07) is 11.0. The molecule has 1 aromatic heterocycles. The minimum absolute atomic E-state index is 0.440. The number of nitrogens with zero attached hydrogens (tertiary/aromatic N) is 1. The molecule has 0 N–H and O–H groups in total. The molecular weight excluding hydrogens is 222 g/mol. The Morgan fingerprint density at radius 2 is 1.88 bits per heavy atom. The molecule has 0 aliphatic carbocycles. The number of benzene rings is 1. The molecule has 0 aliphatic heterocycles. The van der Waals surface area contributed by atoms with Crippen molar-refractivity contribution in [1.82, 2.24) is 4.98 Å². The van der Waals surface area contributed by atoms with Crippen molar-refractivity contribution < 1.29 is 4.79 Å². The Bertz CT molecular complexity index is 520. The summed E-state index contributed by atoms with van der Waals surface area (Å²) in [4.78, 5) is 15.2. The summed E-state index contributed by atoms with van der Waals surface area (Å²) in [5.41, 5.74) is 3.52. The van der Waals surface area contributed by atoms with Crippen LogP contribution in [0.1, 0.15) is 15.9 Å². The van der Waals surface area contributed by atoms with Crippen LogP contribution in [0.5, 0.6) is 0 Å². The van der Waals surface area contributed by atoms with Crippen LogP contribution in [0.4, 0.5) is 0 Å². The van der Waals surface area contributed by atoms with Gasteiger partial charge in [-0.15, -0.1) is 0 Å². The standard InChI is InChI=1S/C13H10ClNO/c1-9-3-2-8-15-12(9)10-4-6-11(7-5-10)13(14)16/h2-8H,1H3. The van der Waals surface area contributed by atoms with Crippen LogP contribution in [0.3, 0.4) is 0 Å². The molecule has 80 valence electrons. The minimum Gasteiger partial charge on any atom is -0.276 e. The highest BCUT2D eigenvalue weighted by molar-refractivity contribution is 6.67. The first kappa shape index (κ1) is 10.8. The zero-order valence-corrected chi connectivity index (χ0v) is 9.53. The van der Waals surface area contributed by atoms with E-state index in [1.54, 1.807) is 18.3 Å². The monoisotopic (exact) mass is 231 g/mol. The van der Waals surface area contributed by atoms with Gasteiger partial charge in [0, 0.05) is 17.3 Å². The van der Waals surface area contributed by atoms with Crippen molar-refractivity contribution in [2.24, 2.45) is 0 Å². The predicted molar refractivity (Wildman–Crippen MR) is 64.6 cm³/mol. The maximum Gasteiger partial charge on any atom is 0.252 e. The third-order valence-electron chi connectivity index (χ3n) is 2.39. The summed E-state index contributed by atoms with van der Waals surface area (Å²) >= 11 is 5.38. The highest BCUT2D eigenvalue weighted by atomic mass is 35.5. The van der Waals surface area contributed by atoms with Gasteiger partial charge in [-0.2, -0.15) is 0 Å². The number of carbonyl (C=O) groups is 1. The molecule has 0 atom stereocenters. The zero-order valence-electron chi connectivity index (χ0n) is 8.77. The molecule has 0 saturated heterocycles. The Hall–Kier alpha value is -1.67. The van der Waals surface area contributed by atoms with Gasteiger partial charge in [-0.25, -0.2) is 0 Å². The number of pyridine rings is 1. The van der Waals surface area contributed by atoms with Gasteiger partial charge < -0.3 is 0 Å². The second kappa shape index (κ2) is 4.45. The molecule has 0 spiro atoms. The molecule has 0 saturated carbocycles. The number of aryl methyl sites for hydroxylation is 1. The zero-order chi connectivity index (χ0) is 11.5. The van der Waals surface area contributed by atoms with Crippen molar-refractivity contribution in [3.8, 4) is 11.3 Å². The van der Waals surface area contributed by atoms with Gasteiger partial charge in [0.2, 0.25) is 0 Å². The largest absolute Gasteiger partial charge is 0.276 e. The molecule has 2 nitrogen and oxygen atoms in total. The van der Waals surface area contributed by atoms with E-state index >= 15 is 0 Å². The van der Waals surface area contributed by atoms with E-state index in [1.165, 1.54) is 0 Å². The van der Waals surface area contributed by atoms with Gasteiger partial charge >= 0.3 is 0 Å². The fourth-order valence-corrected chi connectivity index (χ4v) is 1.67. The van der Waals surface area contributed by atoms with Crippen molar-refractivity contribution in [3.63, 3.8) is 0 Å². The third-order valence-corrected chi connectivity index (χ3v) is 2.61. The van der Waals surface area contributed by atoms with Crippen molar-refractivity contribution in [2.45, 2.75) is 6.92 Å². The third kappa shape index (κ3) is 2.12. The fraction of sp³-hybridized carbons (Fsp3) is 0.0769. The summed E-state index contributed by atoms with van der Waals surface area (Å²) in [6.45, 7) is 2.00. The Kier molecular flexibility index (Phi) is 3.02. The van der Waals surface area contributed by atoms with E-state index in [1.807, 2.05) is 31.2 Å². The molecule has 0 unspecified atom stereocenters. The average Bonchev–Trinajstić information content (AvgIpc) is 2.30. The number of hydrogen-bond acceptors (Lipinski definition) is 2. The molecule has 0 fully saturated rings. The van der Waals surface area contributed by atoms with Crippen LogP contribution in [0.15, 0.2) is 42.6 Å². The molecule has 0 bridgehead atoms.